The molecule has 1 aromatic heterocycles. The van der Waals surface area contributed by atoms with Crippen LogP contribution < -0.4 is 15.1 Å². The van der Waals surface area contributed by atoms with Crippen LogP contribution in [0, 0.1) is 8.99 Å². The molecule has 1 saturated carbocycles. The number of fused-ring (bicyclic) bond motifs is 1. The zero-order valence-electron chi connectivity index (χ0n) is 19.3. The molecule has 1 amide bonds. The number of hydrogen-bond acceptors (Lipinski definition) is 5. The van der Waals surface area contributed by atoms with E-state index in [4.69, 9.17) is 4.42 Å². The Morgan fingerprint density at radius 2 is 1.63 bits per heavy atom. The molecule has 0 bridgehead atoms. The molecule has 2 saturated heterocycles. The number of carbonyl (C=O) groups is 1. The van der Waals surface area contributed by atoms with Gasteiger partial charge in [-0.1, -0.05) is 0 Å². The van der Waals surface area contributed by atoms with E-state index in [2.05, 4.69) is 43.9 Å². The van der Waals surface area contributed by atoms with Gasteiger partial charge < -0.3 is 19.5 Å². The van der Waals surface area contributed by atoms with E-state index in [0.717, 1.165) is 22.3 Å². The van der Waals surface area contributed by atoms with Crippen molar-refractivity contribution in [2.75, 3.05) is 41.3 Å². The van der Waals surface area contributed by atoms with Crippen LogP contribution in [0.4, 0.5) is 25.8 Å². The lowest BCUT2D eigenvalue weighted by Crippen LogP contribution is -2.39. The highest BCUT2D eigenvalue weighted by molar-refractivity contribution is 14.1. The molecule has 6 nitrogen and oxygen atoms in total. The number of rotatable bonds is 4. The van der Waals surface area contributed by atoms with Crippen LogP contribution in [0.2, 0.25) is 0 Å². The molecule has 1 N–H and O–H groups in total. The average molecular weight is 592 g/mol. The van der Waals surface area contributed by atoms with Crippen molar-refractivity contribution in [3.63, 3.8) is 0 Å². The number of halogens is 3. The van der Waals surface area contributed by atoms with Crippen LogP contribution in [0.1, 0.15) is 48.9 Å². The van der Waals surface area contributed by atoms with E-state index in [0.29, 0.717) is 33.5 Å². The minimum absolute atomic E-state index is 0.193. The van der Waals surface area contributed by atoms with Gasteiger partial charge in [0.1, 0.15) is 5.52 Å². The highest BCUT2D eigenvalue weighted by Crippen LogP contribution is 2.54. The number of nitrogens with zero attached hydrogens (tertiary/aromatic N) is 3. The predicted molar refractivity (Wildman–Crippen MR) is 141 cm³/mol. The van der Waals surface area contributed by atoms with Crippen LogP contribution in [0.5, 0.6) is 0 Å². The van der Waals surface area contributed by atoms with Gasteiger partial charge in [-0.25, -0.2) is 13.8 Å². The van der Waals surface area contributed by atoms with Gasteiger partial charge in [-0.3, -0.25) is 4.79 Å². The molecule has 6 rings (SSSR count). The molecule has 0 radical (unpaired) electrons. The van der Waals surface area contributed by atoms with Crippen molar-refractivity contribution in [1.29, 1.82) is 0 Å². The molecular weight excluding hydrogens is 565 g/mol. The maximum atomic E-state index is 13.7. The fraction of sp³-hybridized carbons (Fsp3) is 0.462. The first-order valence-corrected chi connectivity index (χ1v) is 13.2. The number of benzene rings is 2. The van der Waals surface area contributed by atoms with Gasteiger partial charge in [0.05, 0.1) is 16.9 Å². The van der Waals surface area contributed by atoms with Gasteiger partial charge in [0, 0.05) is 48.3 Å². The summed E-state index contributed by atoms with van der Waals surface area (Å²) in [5, 5.41) is 3.04. The summed E-state index contributed by atoms with van der Waals surface area (Å²) in [6.07, 6.45) is 5.97. The molecule has 2 aromatic carbocycles. The normalized spacial score (nSPS) is 20.9. The molecule has 1 spiro atoms. The van der Waals surface area contributed by atoms with Gasteiger partial charge in [0.2, 0.25) is 0 Å². The number of amides is 1. The SMILES string of the molecule is O=C(Nc1cc(N2CCC(F)(F)CC2)c2ocnc2c1)c1ccc(I)cc1N1CCC2(CC1)CC2. The summed E-state index contributed by atoms with van der Waals surface area (Å²) in [7, 11) is 0. The van der Waals surface area contributed by atoms with Crippen molar-refractivity contribution >= 4 is 56.7 Å². The van der Waals surface area contributed by atoms with Gasteiger partial charge in [0.25, 0.3) is 11.8 Å². The Hall–Kier alpha value is -2.43. The van der Waals surface area contributed by atoms with Crippen LogP contribution in [-0.4, -0.2) is 43.0 Å². The third kappa shape index (κ3) is 4.59. The number of aromatic nitrogens is 1. The monoisotopic (exact) mass is 592 g/mol. The summed E-state index contributed by atoms with van der Waals surface area (Å²) in [6, 6.07) is 9.49. The lowest BCUT2D eigenvalue weighted by Gasteiger charge is -2.35. The highest BCUT2D eigenvalue weighted by atomic mass is 127. The quantitative estimate of drug-likeness (QED) is 0.361. The first kappa shape index (κ1) is 23.0. The molecule has 2 aliphatic heterocycles. The van der Waals surface area contributed by atoms with Gasteiger partial charge in [-0.15, -0.1) is 0 Å². The Kier molecular flexibility index (Phi) is 5.65. The molecule has 0 unspecified atom stereocenters. The first-order chi connectivity index (χ1) is 16.8. The van der Waals surface area contributed by atoms with Crippen LogP contribution >= 0.6 is 22.6 Å². The van der Waals surface area contributed by atoms with E-state index in [1.54, 1.807) is 12.1 Å². The van der Waals surface area contributed by atoms with Crippen molar-refractivity contribution in [2.24, 2.45) is 5.41 Å². The standard InChI is InChI=1S/C26H27F2IN4O2/c27-26(28)7-11-33(12-8-26)22-15-18(14-20-23(22)35-16-30-20)31-24(34)19-2-1-17(29)13-21(19)32-9-5-25(3-4-25)6-10-32/h1-2,13-16H,3-12H2,(H,31,34). The number of piperidine rings is 2. The van der Waals surface area contributed by atoms with E-state index in [1.807, 2.05) is 17.0 Å². The van der Waals surface area contributed by atoms with E-state index in [-0.39, 0.29) is 31.8 Å². The van der Waals surface area contributed by atoms with Crippen LogP contribution in [0.25, 0.3) is 11.1 Å². The minimum atomic E-state index is -2.64. The summed E-state index contributed by atoms with van der Waals surface area (Å²) >= 11 is 2.29. The summed E-state index contributed by atoms with van der Waals surface area (Å²) in [4.78, 5) is 22.0. The fourth-order valence-corrected chi connectivity index (χ4v) is 5.86. The van der Waals surface area contributed by atoms with Crippen molar-refractivity contribution in [1.82, 2.24) is 4.98 Å². The van der Waals surface area contributed by atoms with Gasteiger partial charge in [-0.05, 0) is 84.0 Å². The molecule has 35 heavy (non-hydrogen) atoms. The van der Waals surface area contributed by atoms with E-state index < -0.39 is 5.92 Å². The second kappa shape index (κ2) is 8.60. The van der Waals surface area contributed by atoms with Crippen molar-refractivity contribution in [2.45, 2.75) is 44.4 Å². The van der Waals surface area contributed by atoms with Gasteiger partial charge >= 0.3 is 0 Å². The van der Waals surface area contributed by atoms with Crippen LogP contribution in [0.15, 0.2) is 41.1 Å². The Balaban J connectivity index is 1.27. The number of nitrogens with one attached hydrogen (secondary N) is 1. The molecule has 9 heteroatoms. The predicted octanol–water partition coefficient (Wildman–Crippen LogP) is 6.30. The maximum Gasteiger partial charge on any atom is 0.257 e. The highest BCUT2D eigenvalue weighted by Gasteiger charge is 2.44. The second-order valence-electron chi connectivity index (χ2n) is 10.1. The summed E-state index contributed by atoms with van der Waals surface area (Å²) in [5.41, 5.74) is 4.54. The van der Waals surface area contributed by atoms with Crippen molar-refractivity contribution < 1.29 is 18.0 Å². The Morgan fingerprint density at radius 1 is 0.943 bits per heavy atom. The molecular formula is C26H27F2IN4O2. The number of alkyl halides is 2. The van der Waals surface area contributed by atoms with Gasteiger partial charge in [-0.2, -0.15) is 0 Å². The zero-order chi connectivity index (χ0) is 24.2. The first-order valence-electron chi connectivity index (χ1n) is 12.2. The van der Waals surface area contributed by atoms with Crippen molar-refractivity contribution in [3.05, 3.63) is 45.9 Å². The molecule has 1 aliphatic carbocycles. The minimum Gasteiger partial charge on any atom is -0.441 e. The molecule has 0 atom stereocenters. The summed E-state index contributed by atoms with van der Waals surface area (Å²) in [5.74, 6) is -2.83. The fourth-order valence-electron chi connectivity index (χ4n) is 5.39. The summed E-state index contributed by atoms with van der Waals surface area (Å²) in [6.45, 7) is 2.37. The second-order valence-corrected chi connectivity index (χ2v) is 11.4. The molecule has 3 fully saturated rings. The van der Waals surface area contributed by atoms with Gasteiger partial charge in [0.15, 0.2) is 12.0 Å². The lowest BCUT2D eigenvalue weighted by atomic mass is 9.93. The zero-order valence-corrected chi connectivity index (χ0v) is 21.5. The molecule has 3 aromatic rings. The third-order valence-electron chi connectivity index (χ3n) is 7.83. The van der Waals surface area contributed by atoms with Crippen molar-refractivity contribution in [3.8, 4) is 0 Å². The topological polar surface area (TPSA) is 61.6 Å². The molecule has 3 heterocycles. The Bertz CT molecular complexity index is 1270. The number of hydrogen-bond donors (Lipinski definition) is 1. The largest absolute Gasteiger partial charge is 0.441 e. The van der Waals surface area contributed by atoms with E-state index >= 15 is 0 Å². The van der Waals surface area contributed by atoms with E-state index in [9.17, 15) is 13.6 Å². The van der Waals surface area contributed by atoms with Crippen LogP contribution in [-0.2, 0) is 0 Å². The molecule has 184 valence electrons. The number of oxazole rings is 1. The number of anilines is 3. The third-order valence-corrected chi connectivity index (χ3v) is 8.50. The lowest BCUT2D eigenvalue weighted by molar-refractivity contribution is -0.0220. The molecule has 3 aliphatic rings. The number of carbonyl (C=O) groups excluding carboxylic acids is 1. The van der Waals surface area contributed by atoms with E-state index in [1.165, 1.54) is 32.1 Å². The Labute approximate surface area is 216 Å². The summed E-state index contributed by atoms with van der Waals surface area (Å²) < 4.78 is 34.1. The average Bonchev–Trinajstić information content (AvgIpc) is 3.41. The smallest absolute Gasteiger partial charge is 0.257 e. The van der Waals surface area contributed by atoms with Crippen LogP contribution in [0.3, 0.4) is 0 Å². The maximum absolute atomic E-state index is 13.7. The Morgan fingerprint density at radius 3 is 2.34 bits per heavy atom.